The molecule has 1 saturated heterocycles. The zero-order valence-electron chi connectivity index (χ0n) is 18.9. The standard InChI is InChI=1S/C25H24FN7O2/c26-19-6-4-5-18(15-19)25(16-31-23(34)21-22(28)30-12-11-29-21)9-13-33(14-10-25)24(32-17-27)35-20-7-2-1-3-8-20/h1-8,11-12,15H,9-10,13-14,16H2,(H2,28,30)(H,31,34). The topological polar surface area (TPSA) is 130 Å². The molecule has 0 radical (unpaired) electrons. The van der Waals surface area contributed by atoms with E-state index in [1.807, 2.05) is 29.2 Å². The predicted octanol–water partition coefficient (Wildman–Crippen LogP) is 2.88. The quantitative estimate of drug-likeness (QED) is 0.331. The zero-order valence-corrected chi connectivity index (χ0v) is 18.9. The van der Waals surface area contributed by atoms with Crippen molar-refractivity contribution in [1.29, 1.82) is 5.26 Å². The monoisotopic (exact) mass is 473 g/mol. The lowest BCUT2D eigenvalue weighted by Crippen LogP contribution is -2.51. The summed E-state index contributed by atoms with van der Waals surface area (Å²) in [6.07, 6.45) is 5.71. The van der Waals surface area contributed by atoms with Gasteiger partial charge in [-0.2, -0.15) is 5.26 Å². The Morgan fingerprint density at radius 1 is 1.17 bits per heavy atom. The van der Waals surface area contributed by atoms with Gasteiger partial charge in [0.1, 0.15) is 11.6 Å². The Bertz CT molecular complexity index is 1250. The minimum absolute atomic E-state index is 0.0371. The van der Waals surface area contributed by atoms with E-state index in [9.17, 15) is 14.4 Å². The molecule has 1 fully saturated rings. The van der Waals surface area contributed by atoms with Gasteiger partial charge in [-0.05, 0) is 42.7 Å². The van der Waals surface area contributed by atoms with Crippen LogP contribution in [-0.4, -0.2) is 46.4 Å². The summed E-state index contributed by atoms with van der Waals surface area (Å²) in [5, 5.41) is 12.1. The van der Waals surface area contributed by atoms with Crippen molar-refractivity contribution < 1.29 is 13.9 Å². The van der Waals surface area contributed by atoms with Crippen LogP contribution < -0.4 is 15.8 Å². The molecule has 1 aliphatic rings. The molecule has 0 aliphatic carbocycles. The molecule has 0 atom stereocenters. The van der Waals surface area contributed by atoms with E-state index >= 15 is 0 Å². The first kappa shape index (κ1) is 23.6. The third-order valence-electron chi connectivity index (χ3n) is 6.05. The summed E-state index contributed by atoms with van der Waals surface area (Å²) < 4.78 is 20.0. The number of rotatable bonds is 5. The molecule has 1 aromatic heterocycles. The van der Waals surface area contributed by atoms with Gasteiger partial charge in [0, 0.05) is 37.4 Å². The molecule has 1 amide bonds. The van der Waals surface area contributed by atoms with Gasteiger partial charge in [-0.1, -0.05) is 30.3 Å². The summed E-state index contributed by atoms with van der Waals surface area (Å²) in [7, 11) is 0. The van der Waals surface area contributed by atoms with Crippen molar-refractivity contribution in [3.05, 3.63) is 84.1 Å². The van der Waals surface area contributed by atoms with E-state index in [0.29, 0.717) is 31.7 Å². The van der Waals surface area contributed by atoms with E-state index in [1.54, 1.807) is 24.4 Å². The van der Waals surface area contributed by atoms with Crippen LogP contribution in [0.3, 0.4) is 0 Å². The Kier molecular flexibility index (Phi) is 7.16. The molecule has 3 N–H and O–H groups in total. The van der Waals surface area contributed by atoms with Gasteiger partial charge in [-0.15, -0.1) is 4.99 Å². The van der Waals surface area contributed by atoms with Gasteiger partial charge < -0.3 is 20.7 Å². The molecule has 0 bridgehead atoms. The Balaban J connectivity index is 1.53. The summed E-state index contributed by atoms with van der Waals surface area (Å²) >= 11 is 0. The van der Waals surface area contributed by atoms with Crippen molar-refractivity contribution >= 4 is 17.7 Å². The molecule has 0 spiro atoms. The van der Waals surface area contributed by atoms with Crippen molar-refractivity contribution in [2.75, 3.05) is 25.4 Å². The first-order valence-corrected chi connectivity index (χ1v) is 11.1. The number of hydrogen-bond acceptors (Lipinski definition) is 7. The van der Waals surface area contributed by atoms with Crippen molar-refractivity contribution in [2.45, 2.75) is 18.3 Å². The largest absolute Gasteiger partial charge is 0.425 e. The van der Waals surface area contributed by atoms with Gasteiger partial charge in [0.05, 0.1) is 0 Å². The van der Waals surface area contributed by atoms with Gasteiger partial charge in [0.15, 0.2) is 11.5 Å². The zero-order chi connectivity index (χ0) is 24.7. The molecule has 0 unspecified atom stereocenters. The summed E-state index contributed by atoms with van der Waals surface area (Å²) in [4.78, 5) is 26.4. The van der Waals surface area contributed by atoms with Crippen LogP contribution >= 0.6 is 0 Å². The number of piperidine rings is 1. The maximum absolute atomic E-state index is 14.1. The number of anilines is 1. The number of nitrogens with one attached hydrogen (secondary N) is 1. The number of amidine groups is 1. The van der Waals surface area contributed by atoms with E-state index in [4.69, 9.17) is 10.5 Å². The van der Waals surface area contributed by atoms with Crippen LogP contribution in [0, 0.1) is 17.3 Å². The molecule has 2 aromatic carbocycles. The number of hydrogen-bond donors (Lipinski definition) is 2. The average Bonchev–Trinajstić information content (AvgIpc) is 2.88. The van der Waals surface area contributed by atoms with E-state index < -0.39 is 11.3 Å². The molecule has 0 saturated carbocycles. The minimum atomic E-state index is -0.560. The number of nitriles is 1. The molecule has 9 nitrogen and oxygen atoms in total. The molecule has 35 heavy (non-hydrogen) atoms. The Morgan fingerprint density at radius 3 is 2.60 bits per heavy atom. The lowest BCUT2D eigenvalue weighted by atomic mass is 9.72. The summed E-state index contributed by atoms with van der Waals surface area (Å²) in [6, 6.07) is 15.7. The first-order chi connectivity index (χ1) is 17.0. The highest BCUT2D eigenvalue weighted by Gasteiger charge is 2.38. The van der Waals surface area contributed by atoms with Gasteiger partial charge in [-0.3, -0.25) is 4.79 Å². The van der Waals surface area contributed by atoms with Crippen molar-refractivity contribution in [2.24, 2.45) is 4.99 Å². The minimum Gasteiger partial charge on any atom is -0.425 e. The number of benzene rings is 2. The fourth-order valence-electron chi connectivity index (χ4n) is 4.16. The number of nitrogens with two attached hydrogens (primary N) is 1. The SMILES string of the molecule is N#CN=C(Oc1ccccc1)N1CCC(CNC(=O)c2nccnc2N)(c2cccc(F)c2)CC1. The van der Waals surface area contributed by atoms with Crippen LogP contribution in [0.15, 0.2) is 72.0 Å². The average molecular weight is 474 g/mol. The van der Waals surface area contributed by atoms with Crippen LogP contribution in [0.25, 0.3) is 0 Å². The highest BCUT2D eigenvalue weighted by molar-refractivity contribution is 5.96. The number of aromatic nitrogens is 2. The lowest BCUT2D eigenvalue weighted by Gasteiger charge is -2.42. The highest BCUT2D eigenvalue weighted by Crippen LogP contribution is 2.36. The Labute approximate surface area is 202 Å². The maximum atomic E-state index is 14.1. The number of likely N-dealkylation sites (tertiary alicyclic amines) is 1. The second-order valence-electron chi connectivity index (χ2n) is 8.16. The number of carbonyl (C=O) groups is 1. The number of nitrogen functional groups attached to an aromatic ring is 1. The smallest absolute Gasteiger partial charge is 0.308 e. The molecule has 178 valence electrons. The predicted molar refractivity (Wildman–Crippen MR) is 128 cm³/mol. The molecular formula is C25H24FN7O2. The third kappa shape index (κ3) is 5.52. The number of nitrogens with zero attached hydrogens (tertiary/aromatic N) is 5. The van der Waals surface area contributed by atoms with Crippen molar-refractivity contribution in [1.82, 2.24) is 20.2 Å². The normalized spacial score (nSPS) is 15.2. The number of aliphatic imine (C=N–C) groups is 1. The van der Waals surface area contributed by atoms with Crippen molar-refractivity contribution in [3.8, 4) is 11.9 Å². The Morgan fingerprint density at radius 2 is 1.91 bits per heavy atom. The molecule has 3 aromatic rings. The molecule has 10 heteroatoms. The highest BCUT2D eigenvalue weighted by atomic mass is 19.1. The lowest BCUT2D eigenvalue weighted by molar-refractivity contribution is 0.0926. The summed E-state index contributed by atoms with van der Waals surface area (Å²) in [5.74, 6) is -0.201. The number of carbonyl (C=O) groups excluding carboxylic acids is 1. The van der Waals surface area contributed by atoms with Crippen molar-refractivity contribution in [3.63, 3.8) is 0 Å². The maximum Gasteiger partial charge on any atom is 0.308 e. The molecule has 1 aliphatic heterocycles. The second-order valence-corrected chi connectivity index (χ2v) is 8.16. The van der Waals surface area contributed by atoms with E-state index in [-0.39, 0.29) is 29.9 Å². The van der Waals surface area contributed by atoms with Gasteiger partial charge >= 0.3 is 6.02 Å². The Hall–Kier alpha value is -4.52. The summed E-state index contributed by atoms with van der Waals surface area (Å²) in [5.41, 5.74) is 6.04. The van der Waals surface area contributed by atoms with Crippen LogP contribution in [0.4, 0.5) is 10.2 Å². The van der Waals surface area contributed by atoms with Crippen LogP contribution in [0.5, 0.6) is 5.75 Å². The third-order valence-corrected chi connectivity index (χ3v) is 6.05. The fourth-order valence-corrected chi connectivity index (χ4v) is 4.16. The van der Waals surface area contributed by atoms with Crippen LogP contribution in [0.2, 0.25) is 0 Å². The van der Waals surface area contributed by atoms with Gasteiger partial charge in [-0.25, -0.2) is 14.4 Å². The summed E-state index contributed by atoms with van der Waals surface area (Å²) in [6.45, 7) is 1.20. The first-order valence-electron chi connectivity index (χ1n) is 11.1. The molecule has 4 rings (SSSR count). The fraction of sp³-hybridized carbons (Fsp3) is 0.240. The molecule has 2 heterocycles. The van der Waals surface area contributed by atoms with Gasteiger partial charge in [0.2, 0.25) is 6.19 Å². The molecular weight excluding hydrogens is 449 g/mol. The van der Waals surface area contributed by atoms with E-state index in [0.717, 1.165) is 5.56 Å². The van der Waals surface area contributed by atoms with Crippen LogP contribution in [0.1, 0.15) is 28.9 Å². The number of halogens is 1. The van der Waals surface area contributed by atoms with E-state index in [2.05, 4.69) is 20.3 Å². The van der Waals surface area contributed by atoms with Gasteiger partial charge in [0.25, 0.3) is 5.91 Å². The van der Waals surface area contributed by atoms with E-state index in [1.165, 1.54) is 24.5 Å². The van der Waals surface area contributed by atoms with Crippen LogP contribution in [-0.2, 0) is 5.41 Å². The second kappa shape index (κ2) is 10.6. The number of para-hydroxylation sites is 1. The number of ether oxygens (including phenoxy) is 1. The number of amides is 1.